The Kier molecular flexibility index (Phi) is 7.80. The number of benzene rings is 1. The van der Waals surface area contributed by atoms with Gasteiger partial charge in [0.25, 0.3) is 0 Å². The summed E-state index contributed by atoms with van der Waals surface area (Å²) in [6, 6.07) is 1.21. The molecule has 3 aliphatic rings. The smallest absolute Gasteiger partial charge is 0.339 e. The lowest BCUT2D eigenvalue weighted by Gasteiger charge is -2.37. The summed E-state index contributed by atoms with van der Waals surface area (Å²) in [5, 5.41) is 17.5. The van der Waals surface area contributed by atoms with Crippen molar-refractivity contribution in [2.75, 3.05) is 11.9 Å². The van der Waals surface area contributed by atoms with Crippen LogP contribution in [0.5, 0.6) is 0 Å². The van der Waals surface area contributed by atoms with Crippen molar-refractivity contribution < 1.29 is 32.3 Å². The molecule has 2 fully saturated rings. The molecule has 1 aliphatic carbocycles. The predicted octanol–water partition coefficient (Wildman–Crippen LogP) is 4.00. The zero-order valence-electron chi connectivity index (χ0n) is 23.0. The van der Waals surface area contributed by atoms with Crippen LogP contribution in [0.4, 0.5) is 18.9 Å². The van der Waals surface area contributed by atoms with Gasteiger partial charge in [0.1, 0.15) is 18.1 Å². The number of amides is 4. The third-order valence-electron chi connectivity index (χ3n) is 8.38. The second kappa shape index (κ2) is 10.3. The minimum absolute atomic E-state index is 0.0987. The number of hydrogen-bond donors (Lipinski definition) is 3. The fourth-order valence-electron chi connectivity index (χ4n) is 6.06. The highest BCUT2D eigenvalue weighted by Gasteiger charge is 2.70. The molecule has 0 spiro atoms. The Morgan fingerprint density at radius 3 is 2.39 bits per heavy atom. The highest BCUT2D eigenvalue weighted by Crippen LogP contribution is 2.65. The van der Waals surface area contributed by atoms with Crippen LogP contribution in [0, 0.1) is 34.0 Å². The number of nitriles is 1. The van der Waals surface area contributed by atoms with Gasteiger partial charge in [-0.15, -0.1) is 0 Å². The van der Waals surface area contributed by atoms with Gasteiger partial charge in [-0.25, -0.2) is 0 Å². The Labute approximate surface area is 245 Å². The number of piperidine rings is 1. The Balaban J connectivity index is 1.56. The number of anilines is 1. The standard InChI is InChI=1S/C27H30Cl2F3N5O4/c1-25(2,3)20(36-24(41)27(30,31)32)23(40)37-10-15-17(26(15,4)5)19(37)22(39)34-12(9-33)8-14-13-6-11(28)7-16(29)18(13)35-21(14)38/h6-7,12,14-15,17,19-20H,8,10H2,1-5H3,(H,34,39)(H,35,38)(H,36,41)/t12-,14?,15-,17-,19-,20?/m0/s1. The largest absolute Gasteiger partial charge is 0.471 e. The quantitative estimate of drug-likeness (QED) is 0.445. The Hall–Kier alpha value is -3.04. The fraction of sp³-hybridized carbons (Fsp3) is 0.593. The molecule has 1 saturated heterocycles. The van der Waals surface area contributed by atoms with Crippen molar-refractivity contribution in [3.05, 3.63) is 27.7 Å². The van der Waals surface area contributed by atoms with E-state index in [-0.39, 0.29) is 35.2 Å². The van der Waals surface area contributed by atoms with Crippen molar-refractivity contribution in [3.63, 3.8) is 0 Å². The van der Waals surface area contributed by atoms with Crippen molar-refractivity contribution in [2.24, 2.45) is 22.7 Å². The van der Waals surface area contributed by atoms with Crippen LogP contribution in [0.25, 0.3) is 0 Å². The maximum Gasteiger partial charge on any atom is 0.471 e. The van der Waals surface area contributed by atoms with Gasteiger partial charge in [-0.3, -0.25) is 19.2 Å². The molecular weight excluding hydrogens is 586 g/mol. The zero-order chi connectivity index (χ0) is 30.8. The minimum atomic E-state index is -5.20. The molecule has 0 radical (unpaired) electrons. The molecule has 4 rings (SSSR count). The second-order valence-corrected chi connectivity index (χ2v) is 13.3. The van der Waals surface area contributed by atoms with E-state index in [2.05, 4.69) is 10.6 Å². The Morgan fingerprint density at radius 1 is 1.20 bits per heavy atom. The van der Waals surface area contributed by atoms with Crippen molar-refractivity contribution in [1.29, 1.82) is 5.26 Å². The van der Waals surface area contributed by atoms with Crippen LogP contribution in [-0.2, 0) is 19.2 Å². The molecule has 6 atom stereocenters. The third kappa shape index (κ3) is 5.71. The molecule has 1 aromatic rings. The molecule has 1 saturated carbocycles. The van der Waals surface area contributed by atoms with Gasteiger partial charge in [-0.05, 0) is 46.8 Å². The average Bonchev–Trinajstić information content (AvgIpc) is 3.15. The van der Waals surface area contributed by atoms with Crippen LogP contribution in [0.1, 0.15) is 52.5 Å². The first-order valence-corrected chi connectivity index (χ1v) is 13.7. The summed E-state index contributed by atoms with van der Waals surface area (Å²) in [4.78, 5) is 53.0. The topological polar surface area (TPSA) is 131 Å². The SMILES string of the molecule is CC(C)(C)C(NC(=O)C(F)(F)F)C(=O)N1C[C@H]2[C@@H]([C@H]1C(=O)N[C@H](C#N)CC1C(=O)Nc3c(Cl)cc(Cl)cc31)C2(C)C. The number of nitrogens with one attached hydrogen (secondary N) is 3. The van der Waals surface area contributed by atoms with E-state index in [1.165, 1.54) is 31.7 Å². The lowest BCUT2D eigenvalue weighted by Crippen LogP contribution is -2.61. The fourth-order valence-corrected chi connectivity index (χ4v) is 6.62. The van der Waals surface area contributed by atoms with Crippen molar-refractivity contribution in [2.45, 2.75) is 71.3 Å². The molecular formula is C27H30Cl2F3N5O4. The first kappa shape index (κ1) is 30.9. The number of carbonyl (C=O) groups excluding carboxylic acids is 4. The number of rotatable bonds is 6. The molecule has 2 heterocycles. The molecule has 41 heavy (non-hydrogen) atoms. The average molecular weight is 616 g/mol. The highest BCUT2D eigenvalue weighted by molar-refractivity contribution is 6.37. The summed E-state index contributed by atoms with van der Waals surface area (Å²) in [5.41, 5.74) is -0.581. The predicted molar refractivity (Wildman–Crippen MR) is 144 cm³/mol. The van der Waals surface area contributed by atoms with Gasteiger partial charge in [0.05, 0.1) is 22.7 Å². The van der Waals surface area contributed by atoms with E-state index in [1.807, 2.05) is 19.9 Å². The van der Waals surface area contributed by atoms with Gasteiger partial charge < -0.3 is 20.9 Å². The normalized spacial score (nSPS) is 25.8. The van der Waals surface area contributed by atoms with E-state index in [1.54, 1.807) is 11.4 Å². The molecule has 222 valence electrons. The number of fused-ring (bicyclic) bond motifs is 2. The van der Waals surface area contributed by atoms with Gasteiger partial charge in [0, 0.05) is 11.6 Å². The number of alkyl halides is 3. The van der Waals surface area contributed by atoms with Crippen molar-refractivity contribution in [1.82, 2.24) is 15.5 Å². The number of halogens is 5. The molecule has 0 aromatic heterocycles. The molecule has 2 aliphatic heterocycles. The van der Waals surface area contributed by atoms with Gasteiger partial charge in [-0.1, -0.05) is 57.8 Å². The molecule has 0 bridgehead atoms. The van der Waals surface area contributed by atoms with Crippen molar-refractivity contribution in [3.8, 4) is 6.07 Å². The third-order valence-corrected chi connectivity index (χ3v) is 8.89. The lowest BCUT2D eigenvalue weighted by atomic mass is 9.85. The molecule has 9 nitrogen and oxygen atoms in total. The summed E-state index contributed by atoms with van der Waals surface area (Å²) in [5.74, 6) is -5.40. The van der Waals surface area contributed by atoms with Gasteiger partial charge in [-0.2, -0.15) is 18.4 Å². The van der Waals surface area contributed by atoms with E-state index in [0.29, 0.717) is 16.3 Å². The van der Waals surface area contributed by atoms with Crippen LogP contribution in [0.3, 0.4) is 0 Å². The van der Waals surface area contributed by atoms with Crippen LogP contribution in [0.15, 0.2) is 12.1 Å². The summed E-state index contributed by atoms with van der Waals surface area (Å²) >= 11 is 12.3. The van der Waals surface area contributed by atoms with E-state index in [0.717, 1.165) is 0 Å². The second-order valence-electron chi connectivity index (χ2n) is 12.5. The zero-order valence-corrected chi connectivity index (χ0v) is 24.5. The maximum atomic E-state index is 13.7. The lowest BCUT2D eigenvalue weighted by molar-refractivity contribution is -0.176. The highest BCUT2D eigenvalue weighted by atomic mass is 35.5. The Morgan fingerprint density at radius 2 is 1.83 bits per heavy atom. The molecule has 1 aromatic carbocycles. The minimum Gasteiger partial charge on any atom is -0.339 e. The number of carbonyl (C=O) groups is 4. The monoisotopic (exact) mass is 615 g/mol. The van der Waals surface area contributed by atoms with E-state index < -0.39 is 59.3 Å². The number of nitrogens with zero attached hydrogens (tertiary/aromatic N) is 2. The van der Waals surface area contributed by atoms with Crippen LogP contribution in [-0.4, -0.2) is 59.4 Å². The molecule has 4 amide bonds. The van der Waals surface area contributed by atoms with Gasteiger partial charge >= 0.3 is 12.1 Å². The molecule has 2 unspecified atom stereocenters. The van der Waals surface area contributed by atoms with E-state index in [9.17, 15) is 37.6 Å². The first-order valence-electron chi connectivity index (χ1n) is 13.0. The number of likely N-dealkylation sites (tertiary alicyclic amines) is 1. The summed E-state index contributed by atoms with van der Waals surface area (Å²) in [6.07, 6.45) is -5.31. The maximum absolute atomic E-state index is 13.7. The number of hydrogen-bond acceptors (Lipinski definition) is 5. The van der Waals surface area contributed by atoms with Crippen LogP contribution < -0.4 is 16.0 Å². The van der Waals surface area contributed by atoms with Crippen LogP contribution >= 0.6 is 23.2 Å². The van der Waals surface area contributed by atoms with Gasteiger partial charge in [0.2, 0.25) is 17.7 Å². The summed E-state index contributed by atoms with van der Waals surface area (Å²) < 4.78 is 39.2. The van der Waals surface area contributed by atoms with E-state index >= 15 is 0 Å². The Bertz CT molecular complexity index is 1350. The van der Waals surface area contributed by atoms with Crippen molar-refractivity contribution >= 4 is 52.5 Å². The summed E-state index contributed by atoms with van der Waals surface area (Å²) in [6.45, 7) is 8.48. The molecule has 3 N–H and O–H groups in total. The van der Waals surface area contributed by atoms with Crippen LogP contribution in [0.2, 0.25) is 10.0 Å². The van der Waals surface area contributed by atoms with Gasteiger partial charge in [0.15, 0.2) is 0 Å². The molecule has 14 heteroatoms. The van der Waals surface area contributed by atoms with E-state index in [4.69, 9.17) is 23.2 Å². The first-order chi connectivity index (χ1) is 18.8. The summed E-state index contributed by atoms with van der Waals surface area (Å²) in [7, 11) is 0.